The van der Waals surface area contributed by atoms with Gasteiger partial charge in [-0.1, -0.05) is 33.2 Å². The van der Waals surface area contributed by atoms with Crippen LogP contribution in [0.4, 0.5) is 14.9 Å². The van der Waals surface area contributed by atoms with Crippen LogP contribution in [0, 0.1) is 12.7 Å². The molecule has 1 N–H and O–H groups in total. The number of rotatable bonds is 7. The number of hydrogen-bond acceptors (Lipinski definition) is 5. The highest BCUT2D eigenvalue weighted by Gasteiger charge is 2.14. The molecule has 0 saturated heterocycles. The molecule has 29 heavy (non-hydrogen) atoms. The number of nitrogens with one attached hydrogen (secondary N) is 1. The van der Waals surface area contributed by atoms with Crippen LogP contribution in [0.15, 0.2) is 51.5 Å². The van der Waals surface area contributed by atoms with Crippen molar-refractivity contribution in [1.82, 2.24) is 15.0 Å². The van der Waals surface area contributed by atoms with Crippen LogP contribution in [0.25, 0.3) is 0 Å². The quantitative estimate of drug-likeness (QED) is 0.556. The van der Waals surface area contributed by atoms with Crippen molar-refractivity contribution in [1.29, 1.82) is 0 Å². The number of halogens is 2. The minimum absolute atomic E-state index is 0.111. The van der Waals surface area contributed by atoms with E-state index in [9.17, 15) is 9.18 Å². The molecule has 0 aliphatic carbocycles. The van der Waals surface area contributed by atoms with E-state index in [2.05, 4.69) is 31.4 Å². The number of aromatic nitrogens is 2. The van der Waals surface area contributed by atoms with E-state index in [4.69, 9.17) is 9.26 Å². The van der Waals surface area contributed by atoms with Gasteiger partial charge in [0.25, 0.3) is 5.89 Å². The smallest absolute Gasteiger partial charge is 0.321 e. The average molecular weight is 463 g/mol. The Kier molecular flexibility index (Phi) is 6.82. The number of urea groups is 1. The van der Waals surface area contributed by atoms with Gasteiger partial charge in [0.2, 0.25) is 0 Å². The first-order chi connectivity index (χ1) is 13.9. The summed E-state index contributed by atoms with van der Waals surface area (Å²) >= 11 is 3.18. The summed E-state index contributed by atoms with van der Waals surface area (Å²) in [7, 11) is 1.61. The zero-order valence-corrected chi connectivity index (χ0v) is 17.6. The third-order valence-electron chi connectivity index (χ3n) is 4.05. The first-order valence-electron chi connectivity index (χ1n) is 8.89. The molecular weight excluding hydrogens is 443 g/mol. The Morgan fingerprint density at radius 1 is 1.31 bits per heavy atom. The summed E-state index contributed by atoms with van der Waals surface area (Å²) in [6.45, 7) is 2.48. The zero-order chi connectivity index (χ0) is 20.8. The summed E-state index contributed by atoms with van der Waals surface area (Å²) < 4.78 is 25.2. The van der Waals surface area contributed by atoms with Crippen LogP contribution in [0.1, 0.15) is 17.3 Å². The Hall–Kier alpha value is -2.94. The van der Waals surface area contributed by atoms with Gasteiger partial charge in [0, 0.05) is 24.5 Å². The Morgan fingerprint density at radius 3 is 2.90 bits per heavy atom. The molecule has 0 atom stereocenters. The third-order valence-corrected chi connectivity index (χ3v) is 4.55. The van der Waals surface area contributed by atoms with Crippen LogP contribution in [0.2, 0.25) is 0 Å². The largest absolute Gasteiger partial charge is 0.484 e. The monoisotopic (exact) mass is 462 g/mol. The Labute approximate surface area is 176 Å². The Morgan fingerprint density at radius 2 is 2.14 bits per heavy atom. The van der Waals surface area contributed by atoms with Crippen LogP contribution >= 0.6 is 15.9 Å². The summed E-state index contributed by atoms with van der Waals surface area (Å²) in [5.74, 6) is 1.02. The number of likely N-dealkylation sites (N-methyl/N-ethyl adjacent to an activating group) is 1. The van der Waals surface area contributed by atoms with Gasteiger partial charge in [-0.25, -0.2) is 9.18 Å². The maximum atomic E-state index is 13.8. The minimum atomic E-state index is -0.516. The van der Waals surface area contributed by atoms with Gasteiger partial charge in [-0.3, -0.25) is 0 Å². The number of ether oxygens (including phenoxy) is 1. The molecule has 3 rings (SSSR count). The molecule has 0 aliphatic rings. The molecule has 0 radical (unpaired) electrons. The summed E-state index contributed by atoms with van der Waals surface area (Å²) in [5, 5.41) is 6.42. The predicted octanol–water partition coefficient (Wildman–Crippen LogP) is 4.57. The van der Waals surface area contributed by atoms with E-state index in [0.29, 0.717) is 29.2 Å². The number of nitrogens with zero attached hydrogens (tertiary/aromatic N) is 3. The summed E-state index contributed by atoms with van der Waals surface area (Å²) in [4.78, 5) is 17.9. The number of carbonyl (C=O) groups is 1. The van der Waals surface area contributed by atoms with Gasteiger partial charge in [-0.2, -0.15) is 4.98 Å². The zero-order valence-electron chi connectivity index (χ0n) is 16.0. The topological polar surface area (TPSA) is 80.5 Å². The van der Waals surface area contributed by atoms with Crippen molar-refractivity contribution in [3.05, 3.63) is 70.0 Å². The molecule has 152 valence electrons. The Balaban J connectivity index is 1.47. The Bertz CT molecular complexity index is 995. The fourth-order valence-corrected chi connectivity index (χ4v) is 2.80. The van der Waals surface area contributed by atoms with E-state index in [-0.39, 0.29) is 12.3 Å². The molecule has 7 nitrogen and oxygen atoms in total. The number of benzene rings is 2. The molecule has 0 fully saturated rings. The lowest BCUT2D eigenvalue weighted by Crippen LogP contribution is -2.33. The highest BCUT2D eigenvalue weighted by Crippen LogP contribution is 2.19. The lowest BCUT2D eigenvalue weighted by atomic mass is 10.2. The molecule has 0 spiro atoms. The van der Waals surface area contributed by atoms with Gasteiger partial charge >= 0.3 is 6.03 Å². The van der Waals surface area contributed by atoms with Crippen LogP contribution in [-0.2, 0) is 13.0 Å². The van der Waals surface area contributed by atoms with Crippen molar-refractivity contribution in [3.63, 3.8) is 0 Å². The molecule has 0 saturated carbocycles. The summed E-state index contributed by atoms with van der Waals surface area (Å²) in [6, 6.07) is 11.7. The number of hydrogen-bond donors (Lipinski definition) is 1. The molecule has 3 aromatic rings. The highest BCUT2D eigenvalue weighted by molar-refractivity contribution is 9.10. The van der Waals surface area contributed by atoms with E-state index in [1.54, 1.807) is 13.1 Å². The SMILES string of the molecule is Cc1cccc(OCc2nc(CCN(C)C(=O)Nc3ccc(Br)cc3F)no2)c1. The third kappa shape index (κ3) is 6.02. The van der Waals surface area contributed by atoms with E-state index in [0.717, 1.165) is 11.3 Å². The lowest BCUT2D eigenvalue weighted by molar-refractivity contribution is 0.222. The van der Waals surface area contributed by atoms with Gasteiger partial charge in [-0.15, -0.1) is 0 Å². The molecule has 0 bridgehead atoms. The summed E-state index contributed by atoms with van der Waals surface area (Å²) in [5.41, 5.74) is 1.21. The number of carbonyl (C=O) groups excluding carboxylic acids is 1. The standard InChI is InChI=1S/C20H20BrFN4O3/c1-13-4-3-5-15(10-13)28-12-19-24-18(25-29-19)8-9-26(2)20(27)23-17-7-6-14(21)11-16(17)22/h3-7,10-11H,8-9,12H2,1-2H3,(H,23,27). The maximum absolute atomic E-state index is 13.8. The van der Waals surface area contributed by atoms with Gasteiger partial charge in [0.05, 0.1) is 5.69 Å². The molecule has 0 unspecified atom stereocenters. The molecule has 2 amide bonds. The molecule has 2 aromatic carbocycles. The van der Waals surface area contributed by atoms with Gasteiger partial charge in [0.1, 0.15) is 11.6 Å². The van der Waals surface area contributed by atoms with Crippen LogP contribution < -0.4 is 10.1 Å². The van der Waals surface area contributed by atoms with E-state index in [1.807, 2.05) is 31.2 Å². The van der Waals surface area contributed by atoms with Crippen molar-refractivity contribution in [2.75, 3.05) is 18.9 Å². The fourth-order valence-electron chi connectivity index (χ4n) is 2.47. The van der Waals surface area contributed by atoms with Crippen LogP contribution in [0.5, 0.6) is 5.75 Å². The normalized spacial score (nSPS) is 10.6. The molecular formula is C20H20BrFN4O3. The maximum Gasteiger partial charge on any atom is 0.321 e. The summed E-state index contributed by atoms with van der Waals surface area (Å²) in [6.07, 6.45) is 0.390. The molecule has 9 heteroatoms. The molecule has 1 heterocycles. The van der Waals surface area contributed by atoms with E-state index in [1.165, 1.54) is 17.0 Å². The highest BCUT2D eigenvalue weighted by atomic mass is 79.9. The number of anilines is 1. The van der Waals surface area contributed by atoms with E-state index >= 15 is 0 Å². The number of amides is 2. The van der Waals surface area contributed by atoms with Crippen molar-refractivity contribution in [2.24, 2.45) is 0 Å². The molecule has 1 aromatic heterocycles. The second kappa shape index (κ2) is 9.51. The van der Waals surface area contributed by atoms with Crippen molar-refractivity contribution in [3.8, 4) is 5.75 Å². The van der Waals surface area contributed by atoms with Crippen LogP contribution in [0.3, 0.4) is 0 Å². The van der Waals surface area contributed by atoms with Gasteiger partial charge in [0.15, 0.2) is 12.4 Å². The van der Waals surface area contributed by atoms with E-state index < -0.39 is 11.8 Å². The van der Waals surface area contributed by atoms with Crippen molar-refractivity contribution in [2.45, 2.75) is 20.0 Å². The van der Waals surface area contributed by atoms with Crippen molar-refractivity contribution >= 4 is 27.6 Å². The average Bonchev–Trinajstić information content (AvgIpc) is 3.14. The van der Waals surface area contributed by atoms with Gasteiger partial charge < -0.3 is 19.5 Å². The number of aryl methyl sites for hydroxylation is 1. The molecule has 0 aliphatic heterocycles. The minimum Gasteiger partial charge on any atom is -0.484 e. The first kappa shape index (κ1) is 20.8. The van der Waals surface area contributed by atoms with Crippen molar-refractivity contribution < 1.29 is 18.4 Å². The second-order valence-electron chi connectivity index (χ2n) is 6.44. The first-order valence-corrected chi connectivity index (χ1v) is 9.68. The fraction of sp³-hybridized carbons (Fsp3) is 0.250. The van der Waals surface area contributed by atoms with Crippen LogP contribution in [-0.4, -0.2) is 34.7 Å². The lowest BCUT2D eigenvalue weighted by Gasteiger charge is -2.17. The second-order valence-corrected chi connectivity index (χ2v) is 7.35. The predicted molar refractivity (Wildman–Crippen MR) is 109 cm³/mol. The van der Waals surface area contributed by atoms with Gasteiger partial charge in [-0.05, 0) is 42.8 Å².